The van der Waals surface area contributed by atoms with Crippen molar-refractivity contribution in [2.24, 2.45) is 0 Å². The summed E-state index contributed by atoms with van der Waals surface area (Å²) in [6, 6.07) is 0. The molecule has 1 heterocycles. The van der Waals surface area contributed by atoms with E-state index in [1.165, 1.54) is 11.8 Å². The minimum absolute atomic E-state index is 0.0264. The van der Waals surface area contributed by atoms with Crippen LogP contribution in [0.1, 0.15) is 38.9 Å². The molecule has 0 aliphatic rings. The summed E-state index contributed by atoms with van der Waals surface area (Å²) in [6.07, 6.45) is 1.00. The van der Waals surface area contributed by atoms with E-state index in [2.05, 4.69) is 24.0 Å². The molecule has 90 valence electrons. The highest BCUT2D eigenvalue weighted by atomic mass is 32.2. The van der Waals surface area contributed by atoms with Crippen molar-refractivity contribution < 1.29 is 9.90 Å². The third-order valence-electron chi connectivity index (χ3n) is 2.44. The topological polar surface area (TPSA) is 68.0 Å². The van der Waals surface area contributed by atoms with Crippen LogP contribution in [0.4, 0.5) is 0 Å². The average molecular weight is 243 g/mol. The van der Waals surface area contributed by atoms with Crippen molar-refractivity contribution in [1.82, 2.24) is 14.8 Å². The predicted octanol–water partition coefficient (Wildman–Crippen LogP) is 1.99. The number of carboxylic acids is 1. The fourth-order valence-electron chi connectivity index (χ4n) is 1.38. The Hall–Kier alpha value is -1.04. The maximum atomic E-state index is 10.5. The molecule has 5 nitrogen and oxygen atoms in total. The van der Waals surface area contributed by atoms with Crippen LogP contribution in [0.25, 0.3) is 0 Å². The zero-order valence-electron chi connectivity index (χ0n) is 9.80. The summed E-state index contributed by atoms with van der Waals surface area (Å²) in [5.74, 6) is 0.490. The molecule has 0 saturated heterocycles. The predicted molar refractivity (Wildman–Crippen MR) is 62.8 cm³/mol. The Kier molecular flexibility index (Phi) is 4.79. The van der Waals surface area contributed by atoms with E-state index in [4.69, 9.17) is 5.11 Å². The summed E-state index contributed by atoms with van der Waals surface area (Å²) in [6.45, 7) is 6.99. The van der Waals surface area contributed by atoms with Crippen molar-refractivity contribution in [2.45, 2.75) is 44.8 Å². The summed E-state index contributed by atoms with van der Waals surface area (Å²) in [5.41, 5.74) is 0. The van der Waals surface area contributed by atoms with Crippen molar-refractivity contribution in [2.75, 3.05) is 5.75 Å². The molecule has 0 amide bonds. The first kappa shape index (κ1) is 13.0. The normalized spacial score (nSPS) is 12.7. The second-order valence-electron chi connectivity index (χ2n) is 3.58. The smallest absolute Gasteiger partial charge is 0.313 e. The Morgan fingerprint density at radius 1 is 1.50 bits per heavy atom. The first-order valence-corrected chi connectivity index (χ1v) is 6.36. The SMILES string of the molecule is CCC(C)c1nnc(SCC(=O)O)n1CC. The highest BCUT2D eigenvalue weighted by molar-refractivity contribution is 7.99. The van der Waals surface area contributed by atoms with Crippen molar-refractivity contribution in [3.8, 4) is 0 Å². The van der Waals surface area contributed by atoms with Crippen LogP contribution in [0.5, 0.6) is 0 Å². The summed E-state index contributed by atoms with van der Waals surface area (Å²) >= 11 is 1.22. The lowest BCUT2D eigenvalue weighted by Gasteiger charge is -2.10. The number of rotatable bonds is 6. The molecule has 0 spiro atoms. The molecule has 0 aliphatic carbocycles. The molecule has 0 fully saturated rings. The van der Waals surface area contributed by atoms with Crippen LogP contribution in [0.3, 0.4) is 0 Å². The summed E-state index contributed by atoms with van der Waals surface area (Å²) in [5, 5.41) is 17.5. The first-order chi connectivity index (χ1) is 7.60. The molecule has 0 saturated carbocycles. The number of aromatic nitrogens is 3. The minimum Gasteiger partial charge on any atom is -0.481 e. The molecule has 1 rings (SSSR count). The molecule has 1 aromatic heterocycles. The Morgan fingerprint density at radius 3 is 2.69 bits per heavy atom. The van der Waals surface area contributed by atoms with E-state index in [-0.39, 0.29) is 5.75 Å². The molecular weight excluding hydrogens is 226 g/mol. The Bertz CT molecular complexity index is 365. The van der Waals surface area contributed by atoms with Gasteiger partial charge in [-0.1, -0.05) is 25.6 Å². The molecule has 1 N–H and O–H groups in total. The van der Waals surface area contributed by atoms with Gasteiger partial charge in [0.25, 0.3) is 0 Å². The van der Waals surface area contributed by atoms with Gasteiger partial charge in [-0.3, -0.25) is 4.79 Å². The molecule has 1 atom stereocenters. The Balaban J connectivity index is 2.85. The number of carboxylic acid groups (broad SMARTS) is 1. The van der Waals surface area contributed by atoms with Crippen LogP contribution in [0, 0.1) is 0 Å². The molecule has 0 bridgehead atoms. The summed E-state index contributed by atoms with van der Waals surface area (Å²) in [4.78, 5) is 10.5. The molecule has 6 heteroatoms. The molecule has 16 heavy (non-hydrogen) atoms. The first-order valence-electron chi connectivity index (χ1n) is 5.37. The van der Waals surface area contributed by atoms with Gasteiger partial charge >= 0.3 is 5.97 Å². The second kappa shape index (κ2) is 5.89. The van der Waals surface area contributed by atoms with Crippen LogP contribution >= 0.6 is 11.8 Å². The largest absolute Gasteiger partial charge is 0.481 e. The van der Waals surface area contributed by atoms with Gasteiger partial charge in [-0.2, -0.15) is 0 Å². The number of carbonyl (C=O) groups is 1. The summed E-state index contributed by atoms with van der Waals surface area (Å²) in [7, 11) is 0. The van der Waals surface area contributed by atoms with E-state index in [0.29, 0.717) is 11.1 Å². The van der Waals surface area contributed by atoms with E-state index < -0.39 is 5.97 Å². The zero-order chi connectivity index (χ0) is 12.1. The lowest BCUT2D eigenvalue weighted by atomic mass is 10.1. The van der Waals surface area contributed by atoms with Crippen LogP contribution in [-0.2, 0) is 11.3 Å². The summed E-state index contributed by atoms with van der Waals surface area (Å²) < 4.78 is 1.99. The molecule has 1 aromatic rings. The monoisotopic (exact) mass is 243 g/mol. The van der Waals surface area contributed by atoms with Gasteiger partial charge in [0.05, 0.1) is 5.75 Å². The lowest BCUT2D eigenvalue weighted by molar-refractivity contribution is -0.133. The Morgan fingerprint density at radius 2 is 2.19 bits per heavy atom. The number of hydrogen-bond acceptors (Lipinski definition) is 4. The van der Waals surface area contributed by atoms with Crippen molar-refractivity contribution in [1.29, 1.82) is 0 Å². The highest BCUT2D eigenvalue weighted by Crippen LogP contribution is 2.22. The van der Waals surface area contributed by atoms with Crippen LogP contribution in [0.15, 0.2) is 5.16 Å². The van der Waals surface area contributed by atoms with Crippen molar-refractivity contribution >= 4 is 17.7 Å². The van der Waals surface area contributed by atoms with Gasteiger partial charge in [0.15, 0.2) is 5.16 Å². The van der Waals surface area contributed by atoms with Gasteiger partial charge in [-0.25, -0.2) is 0 Å². The van der Waals surface area contributed by atoms with E-state index >= 15 is 0 Å². The minimum atomic E-state index is -0.833. The average Bonchev–Trinajstić information content (AvgIpc) is 2.67. The lowest BCUT2D eigenvalue weighted by Crippen LogP contribution is -2.07. The van der Waals surface area contributed by atoms with Crippen molar-refractivity contribution in [3.05, 3.63) is 5.82 Å². The van der Waals surface area contributed by atoms with Gasteiger partial charge in [-0.15, -0.1) is 10.2 Å². The van der Waals surface area contributed by atoms with E-state index in [1.807, 2.05) is 11.5 Å². The number of hydrogen-bond donors (Lipinski definition) is 1. The van der Waals surface area contributed by atoms with E-state index in [1.54, 1.807) is 0 Å². The van der Waals surface area contributed by atoms with Gasteiger partial charge in [0.1, 0.15) is 5.82 Å². The molecule has 0 aromatic carbocycles. The third-order valence-corrected chi connectivity index (χ3v) is 3.39. The van der Waals surface area contributed by atoms with Gasteiger partial charge in [-0.05, 0) is 13.3 Å². The highest BCUT2D eigenvalue weighted by Gasteiger charge is 2.16. The van der Waals surface area contributed by atoms with E-state index in [0.717, 1.165) is 18.8 Å². The quantitative estimate of drug-likeness (QED) is 0.774. The fourth-order valence-corrected chi connectivity index (χ4v) is 2.11. The Labute approximate surface area is 99.3 Å². The molecule has 1 unspecified atom stereocenters. The number of thioether (sulfide) groups is 1. The maximum absolute atomic E-state index is 10.5. The van der Waals surface area contributed by atoms with E-state index in [9.17, 15) is 4.79 Å². The number of nitrogens with zero attached hydrogens (tertiary/aromatic N) is 3. The fraction of sp³-hybridized carbons (Fsp3) is 0.700. The third kappa shape index (κ3) is 2.98. The standard InChI is InChI=1S/C10H17N3O2S/c1-4-7(3)9-11-12-10(13(9)5-2)16-6-8(14)15/h7H,4-6H2,1-3H3,(H,14,15). The van der Waals surface area contributed by atoms with Gasteiger partial charge in [0.2, 0.25) is 0 Å². The van der Waals surface area contributed by atoms with Crippen LogP contribution in [-0.4, -0.2) is 31.6 Å². The molecular formula is C10H17N3O2S. The molecule has 0 radical (unpaired) electrons. The van der Waals surface area contributed by atoms with Crippen LogP contribution in [0.2, 0.25) is 0 Å². The van der Waals surface area contributed by atoms with Gasteiger partial charge in [0, 0.05) is 12.5 Å². The van der Waals surface area contributed by atoms with Gasteiger partial charge < -0.3 is 9.67 Å². The second-order valence-corrected chi connectivity index (χ2v) is 4.52. The van der Waals surface area contributed by atoms with Crippen LogP contribution < -0.4 is 0 Å². The number of aliphatic carboxylic acids is 1. The zero-order valence-corrected chi connectivity index (χ0v) is 10.6. The molecule has 0 aliphatic heterocycles. The van der Waals surface area contributed by atoms with Crippen molar-refractivity contribution in [3.63, 3.8) is 0 Å². The maximum Gasteiger partial charge on any atom is 0.313 e.